The number of aromatic amines is 1. The third-order valence-electron chi connectivity index (χ3n) is 4.41. The van der Waals surface area contributed by atoms with E-state index in [2.05, 4.69) is 10.3 Å². The molecular weight excluding hydrogens is 346 g/mol. The predicted molar refractivity (Wildman–Crippen MR) is 103 cm³/mol. The van der Waals surface area contributed by atoms with Crippen molar-refractivity contribution in [1.29, 1.82) is 0 Å². The van der Waals surface area contributed by atoms with E-state index >= 15 is 0 Å². The number of ether oxygens (including phenoxy) is 1. The summed E-state index contributed by atoms with van der Waals surface area (Å²) in [7, 11) is 0. The van der Waals surface area contributed by atoms with Gasteiger partial charge in [0.05, 0.1) is 5.56 Å². The van der Waals surface area contributed by atoms with Crippen molar-refractivity contribution in [2.24, 2.45) is 0 Å². The number of amides is 2. The number of carbonyl (C=O) groups excluding carboxylic acids is 2. The number of benzene rings is 1. The van der Waals surface area contributed by atoms with Crippen LogP contribution < -0.4 is 10.9 Å². The average molecular weight is 371 g/mol. The molecule has 1 aliphatic rings. The van der Waals surface area contributed by atoms with Crippen molar-refractivity contribution in [3.05, 3.63) is 46.2 Å². The lowest BCUT2D eigenvalue weighted by molar-refractivity contribution is 0.0452. The average Bonchev–Trinajstić information content (AvgIpc) is 2.59. The third-order valence-corrected chi connectivity index (χ3v) is 4.41. The smallest absolute Gasteiger partial charge is 0.407 e. The number of nitrogens with zero attached hydrogens (tertiary/aromatic N) is 1. The van der Waals surface area contributed by atoms with Gasteiger partial charge in [-0.1, -0.05) is 18.2 Å². The Morgan fingerprint density at radius 1 is 1.26 bits per heavy atom. The minimum Gasteiger partial charge on any atom is -0.444 e. The minimum atomic E-state index is -0.571. The highest BCUT2D eigenvalue weighted by Gasteiger charge is 2.28. The van der Waals surface area contributed by atoms with Crippen LogP contribution in [0, 0.1) is 0 Å². The number of hydrogen-bond acceptors (Lipinski definition) is 4. The predicted octanol–water partition coefficient (Wildman–Crippen LogP) is 2.66. The molecule has 0 saturated carbocycles. The Balaban J connectivity index is 1.76. The molecule has 2 aromatic rings. The van der Waals surface area contributed by atoms with Gasteiger partial charge in [-0.15, -0.1) is 0 Å². The van der Waals surface area contributed by atoms with Crippen molar-refractivity contribution >= 4 is 22.9 Å². The summed E-state index contributed by atoms with van der Waals surface area (Å²) in [5.74, 6) is -0.201. The number of nitrogens with one attached hydrogen (secondary N) is 2. The van der Waals surface area contributed by atoms with Gasteiger partial charge in [0, 0.05) is 36.1 Å². The molecule has 1 aromatic carbocycles. The third kappa shape index (κ3) is 4.67. The molecule has 2 amide bonds. The largest absolute Gasteiger partial charge is 0.444 e. The Morgan fingerprint density at radius 2 is 2.00 bits per heavy atom. The van der Waals surface area contributed by atoms with Crippen LogP contribution in [0.5, 0.6) is 0 Å². The van der Waals surface area contributed by atoms with E-state index in [1.807, 2.05) is 18.2 Å². The maximum Gasteiger partial charge on any atom is 0.407 e. The summed E-state index contributed by atoms with van der Waals surface area (Å²) in [5, 5.41) is 3.55. The van der Waals surface area contributed by atoms with Gasteiger partial charge >= 0.3 is 6.09 Å². The molecular formula is C20H25N3O4. The zero-order chi connectivity index (χ0) is 19.6. The first-order valence-corrected chi connectivity index (χ1v) is 9.14. The number of rotatable bonds is 2. The van der Waals surface area contributed by atoms with E-state index in [1.54, 1.807) is 31.7 Å². The number of likely N-dealkylation sites (tertiary alicyclic amines) is 1. The Kier molecular flexibility index (Phi) is 5.21. The van der Waals surface area contributed by atoms with E-state index in [0.717, 1.165) is 12.8 Å². The fourth-order valence-corrected chi connectivity index (χ4v) is 3.31. The van der Waals surface area contributed by atoms with Crippen molar-refractivity contribution in [2.75, 3.05) is 13.1 Å². The van der Waals surface area contributed by atoms with Gasteiger partial charge in [0.2, 0.25) is 5.56 Å². The fourth-order valence-electron chi connectivity index (χ4n) is 3.31. The first kappa shape index (κ1) is 18.9. The van der Waals surface area contributed by atoms with E-state index in [1.165, 1.54) is 6.07 Å². The van der Waals surface area contributed by atoms with Crippen molar-refractivity contribution < 1.29 is 14.3 Å². The van der Waals surface area contributed by atoms with E-state index in [0.29, 0.717) is 29.6 Å². The Labute approximate surface area is 157 Å². The van der Waals surface area contributed by atoms with E-state index in [-0.39, 0.29) is 17.5 Å². The fraction of sp³-hybridized carbons (Fsp3) is 0.450. The lowest BCUT2D eigenvalue weighted by Crippen LogP contribution is -2.50. The molecule has 2 N–H and O–H groups in total. The van der Waals surface area contributed by atoms with Crippen LogP contribution in [0.4, 0.5) is 4.79 Å². The standard InChI is InChI=1S/C20H25N3O4/c1-20(2,3)27-19(26)21-13-7-6-10-23(12-13)18(25)15-11-17(24)22-16-9-5-4-8-14(15)16/h4-5,8-9,11,13H,6-7,10,12H2,1-3H3,(H,21,26)(H,22,24)/t13-/m1/s1. The molecule has 27 heavy (non-hydrogen) atoms. The molecule has 1 fully saturated rings. The van der Waals surface area contributed by atoms with Gasteiger partial charge in [0.1, 0.15) is 5.60 Å². The van der Waals surface area contributed by atoms with Gasteiger partial charge in [-0.05, 0) is 39.7 Å². The van der Waals surface area contributed by atoms with Crippen LogP contribution in [0.15, 0.2) is 35.1 Å². The molecule has 1 atom stereocenters. The second kappa shape index (κ2) is 7.42. The van der Waals surface area contributed by atoms with Crippen LogP contribution in [-0.4, -0.2) is 46.6 Å². The summed E-state index contributed by atoms with van der Waals surface area (Å²) >= 11 is 0. The molecule has 0 unspecified atom stereocenters. The van der Waals surface area contributed by atoms with Gasteiger partial charge in [-0.3, -0.25) is 9.59 Å². The highest BCUT2D eigenvalue weighted by atomic mass is 16.6. The summed E-state index contributed by atoms with van der Waals surface area (Å²) in [5.41, 5.74) is 0.136. The molecule has 1 aromatic heterocycles. The summed E-state index contributed by atoms with van der Waals surface area (Å²) in [6.07, 6.45) is 1.07. The van der Waals surface area contributed by atoms with Crippen LogP contribution in [0.3, 0.4) is 0 Å². The Morgan fingerprint density at radius 3 is 2.74 bits per heavy atom. The van der Waals surface area contributed by atoms with Gasteiger partial charge < -0.3 is 19.9 Å². The van der Waals surface area contributed by atoms with Gasteiger partial charge in [-0.25, -0.2) is 4.79 Å². The van der Waals surface area contributed by atoms with Crippen molar-refractivity contribution in [1.82, 2.24) is 15.2 Å². The summed E-state index contributed by atoms with van der Waals surface area (Å²) in [6, 6.07) is 8.41. The lowest BCUT2D eigenvalue weighted by atomic mass is 10.0. The second-order valence-electron chi connectivity index (χ2n) is 7.83. The van der Waals surface area contributed by atoms with Gasteiger partial charge in [0.25, 0.3) is 5.91 Å². The summed E-state index contributed by atoms with van der Waals surface area (Å²) in [6.45, 7) is 6.40. The zero-order valence-electron chi connectivity index (χ0n) is 15.9. The molecule has 0 bridgehead atoms. The number of aromatic nitrogens is 1. The monoisotopic (exact) mass is 371 g/mol. The molecule has 2 heterocycles. The van der Waals surface area contributed by atoms with Crippen LogP contribution >= 0.6 is 0 Å². The number of carbonyl (C=O) groups is 2. The lowest BCUT2D eigenvalue weighted by Gasteiger charge is -2.33. The maximum atomic E-state index is 13.1. The minimum absolute atomic E-state index is 0.175. The number of fused-ring (bicyclic) bond motifs is 1. The Hall–Kier alpha value is -2.83. The van der Waals surface area contributed by atoms with Crippen molar-refractivity contribution in [3.8, 4) is 0 Å². The van der Waals surface area contributed by atoms with E-state index in [9.17, 15) is 14.4 Å². The summed E-state index contributed by atoms with van der Waals surface area (Å²) < 4.78 is 5.30. The van der Waals surface area contributed by atoms with Gasteiger partial charge in [0.15, 0.2) is 0 Å². The first-order valence-electron chi connectivity index (χ1n) is 9.14. The number of hydrogen-bond donors (Lipinski definition) is 2. The number of H-pyrrole nitrogens is 1. The molecule has 1 aliphatic heterocycles. The van der Waals surface area contributed by atoms with Crippen LogP contribution in [-0.2, 0) is 4.74 Å². The molecule has 144 valence electrons. The highest BCUT2D eigenvalue weighted by Crippen LogP contribution is 2.19. The molecule has 7 heteroatoms. The number of para-hydroxylation sites is 1. The molecule has 0 radical (unpaired) electrons. The van der Waals surface area contributed by atoms with Crippen LogP contribution in [0.25, 0.3) is 10.9 Å². The second-order valence-corrected chi connectivity index (χ2v) is 7.83. The molecule has 1 saturated heterocycles. The number of alkyl carbamates (subject to hydrolysis) is 1. The Bertz CT molecular complexity index is 913. The topological polar surface area (TPSA) is 91.5 Å². The number of piperidine rings is 1. The van der Waals surface area contributed by atoms with E-state index in [4.69, 9.17) is 4.74 Å². The first-order chi connectivity index (χ1) is 12.7. The summed E-state index contributed by atoms with van der Waals surface area (Å²) in [4.78, 5) is 41.4. The number of pyridine rings is 1. The molecule has 0 aliphatic carbocycles. The molecule has 3 rings (SSSR count). The highest BCUT2D eigenvalue weighted by molar-refractivity contribution is 6.06. The quantitative estimate of drug-likeness (QED) is 0.849. The SMILES string of the molecule is CC(C)(C)OC(=O)N[C@@H]1CCCN(C(=O)c2cc(=O)[nH]c3ccccc23)C1. The van der Waals surface area contributed by atoms with E-state index < -0.39 is 11.7 Å². The maximum absolute atomic E-state index is 13.1. The molecule has 7 nitrogen and oxygen atoms in total. The van der Waals surface area contributed by atoms with Gasteiger partial charge in [-0.2, -0.15) is 0 Å². The normalized spacial score (nSPS) is 17.6. The molecule has 0 spiro atoms. The van der Waals surface area contributed by atoms with Crippen molar-refractivity contribution in [3.63, 3.8) is 0 Å². The zero-order valence-corrected chi connectivity index (χ0v) is 15.9. The van der Waals surface area contributed by atoms with Crippen LogP contribution in [0.2, 0.25) is 0 Å². The van der Waals surface area contributed by atoms with Crippen molar-refractivity contribution in [2.45, 2.75) is 45.3 Å². The van der Waals surface area contributed by atoms with Crippen LogP contribution in [0.1, 0.15) is 44.0 Å².